The summed E-state index contributed by atoms with van der Waals surface area (Å²) in [5, 5.41) is 65.4. The van der Waals surface area contributed by atoms with Gasteiger partial charge in [-0.25, -0.2) is 24.7 Å². The summed E-state index contributed by atoms with van der Waals surface area (Å²) in [6, 6.07) is 28.7. The SMILES string of the molecule is C[C@@H]1CC[C@@H](O)CN1C(=O)c1ccccc1-n1nccn1.C[C@@H]1CC[C@@H](Oc2ncccc2C(C)(C)O)CN1C(=O)c1ccccc1-n1nccn1.Cc1ccc(C(=O)O)c(Cl)n1.Cc1ccc(C(C)(C)O)c(Cl)n1.Cc1ccc(C(C)(C)O)c(Cl)n1. The van der Waals surface area contributed by atoms with E-state index < -0.39 is 28.9 Å². The number of ether oxygens (including phenoxy) is 1. The van der Waals surface area contributed by atoms with E-state index in [1.807, 2.05) is 87.2 Å². The fraction of sp³-hybridized carbons (Fsp3) is 0.381. The molecule has 2 aliphatic heterocycles. The van der Waals surface area contributed by atoms with Gasteiger partial charge in [0.05, 0.1) is 82.3 Å². The molecule has 5 N–H and O–H groups in total. The van der Waals surface area contributed by atoms with Crippen LogP contribution in [0.4, 0.5) is 0 Å². The first-order chi connectivity index (χ1) is 40.9. The van der Waals surface area contributed by atoms with Crippen LogP contribution in [0.25, 0.3) is 11.4 Å². The van der Waals surface area contributed by atoms with Crippen LogP contribution in [0, 0.1) is 20.8 Å². The lowest BCUT2D eigenvalue weighted by Gasteiger charge is -2.38. The Bertz CT molecular complexity index is 3510. The Morgan fingerprint density at radius 2 is 0.920 bits per heavy atom. The number of aliphatic hydroxyl groups is 4. The fourth-order valence-corrected chi connectivity index (χ4v) is 10.4. The highest BCUT2D eigenvalue weighted by molar-refractivity contribution is 6.32. The van der Waals surface area contributed by atoms with Gasteiger partial charge in [-0.2, -0.15) is 30.0 Å². The quantitative estimate of drug-likeness (QED) is 0.0796. The van der Waals surface area contributed by atoms with E-state index >= 15 is 0 Å². The fourth-order valence-electron chi connectivity index (χ4n) is 9.23. The van der Waals surface area contributed by atoms with E-state index in [0.29, 0.717) is 74.2 Å². The maximum absolute atomic E-state index is 13.5. The van der Waals surface area contributed by atoms with Gasteiger partial charge in [0.1, 0.15) is 21.6 Å². The zero-order chi connectivity index (χ0) is 64.0. The third-order valence-corrected chi connectivity index (χ3v) is 14.8. The van der Waals surface area contributed by atoms with Crippen molar-refractivity contribution in [2.45, 2.75) is 143 Å². The Morgan fingerprint density at radius 3 is 1.34 bits per heavy atom. The maximum atomic E-state index is 13.5. The molecule has 0 radical (unpaired) electrons. The number of aliphatic hydroxyl groups excluding tert-OH is 1. The lowest BCUT2D eigenvalue weighted by atomic mass is 9.98. The van der Waals surface area contributed by atoms with Gasteiger partial charge in [0.25, 0.3) is 11.8 Å². The largest absolute Gasteiger partial charge is 0.478 e. The van der Waals surface area contributed by atoms with E-state index in [1.54, 1.807) is 121 Å². The monoisotopic (exact) mass is 1250 g/mol. The minimum Gasteiger partial charge on any atom is -0.478 e. The molecule has 8 heterocycles. The number of carbonyl (C=O) groups is 3. The molecule has 2 aromatic carbocycles. The normalized spacial score (nSPS) is 16.7. The van der Waals surface area contributed by atoms with Crippen molar-refractivity contribution in [1.29, 1.82) is 0 Å². The Labute approximate surface area is 521 Å². The van der Waals surface area contributed by atoms with Crippen LogP contribution in [0.5, 0.6) is 5.88 Å². The van der Waals surface area contributed by atoms with E-state index in [4.69, 9.17) is 44.6 Å². The second kappa shape index (κ2) is 30.2. The molecule has 2 fully saturated rings. The Morgan fingerprint density at radius 1 is 0.506 bits per heavy atom. The van der Waals surface area contributed by atoms with Gasteiger partial charge >= 0.3 is 5.97 Å². The molecular formula is C63H75Cl3N12O9. The van der Waals surface area contributed by atoms with E-state index in [1.165, 1.54) is 15.7 Å². The predicted molar refractivity (Wildman–Crippen MR) is 331 cm³/mol. The van der Waals surface area contributed by atoms with Crippen molar-refractivity contribution in [1.82, 2.24) is 59.7 Å². The number of para-hydroxylation sites is 2. The van der Waals surface area contributed by atoms with Gasteiger partial charge in [-0.15, -0.1) is 0 Å². The van der Waals surface area contributed by atoms with E-state index in [0.717, 1.165) is 37.1 Å². The molecule has 24 heteroatoms. The lowest BCUT2D eigenvalue weighted by Crippen LogP contribution is -2.49. The van der Waals surface area contributed by atoms with Crippen LogP contribution in [-0.2, 0) is 16.8 Å². The molecule has 87 heavy (non-hydrogen) atoms. The highest BCUT2D eigenvalue weighted by atomic mass is 35.5. The minimum absolute atomic E-state index is 0.0391. The lowest BCUT2D eigenvalue weighted by molar-refractivity contribution is 0.0309. The molecule has 10 rings (SSSR count). The summed E-state index contributed by atoms with van der Waals surface area (Å²) < 4.78 is 6.19. The van der Waals surface area contributed by atoms with E-state index in [9.17, 15) is 34.8 Å². The number of aryl methyl sites for hydroxylation is 3. The number of carbonyl (C=O) groups excluding carboxylic acids is 2. The summed E-state index contributed by atoms with van der Waals surface area (Å²) in [7, 11) is 0. The molecule has 2 saturated heterocycles. The van der Waals surface area contributed by atoms with Crippen molar-refractivity contribution in [3.63, 3.8) is 0 Å². The molecule has 0 bridgehead atoms. The third-order valence-electron chi connectivity index (χ3n) is 14.0. The summed E-state index contributed by atoms with van der Waals surface area (Å²) >= 11 is 17.2. The van der Waals surface area contributed by atoms with E-state index in [-0.39, 0.29) is 40.7 Å². The van der Waals surface area contributed by atoms with Crippen molar-refractivity contribution in [2.75, 3.05) is 13.1 Å². The van der Waals surface area contributed by atoms with Crippen molar-refractivity contribution in [3.05, 3.63) is 194 Å². The van der Waals surface area contributed by atoms with Crippen LogP contribution in [-0.4, -0.2) is 140 Å². The van der Waals surface area contributed by atoms with Crippen molar-refractivity contribution in [2.24, 2.45) is 0 Å². The van der Waals surface area contributed by atoms with Gasteiger partial charge in [0.2, 0.25) is 5.88 Å². The van der Waals surface area contributed by atoms with Crippen molar-refractivity contribution < 1.29 is 44.7 Å². The second-order valence-corrected chi connectivity index (χ2v) is 23.6. The van der Waals surface area contributed by atoms with Gasteiger partial charge in [-0.1, -0.05) is 71.2 Å². The van der Waals surface area contributed by atoms with Crippen molar-refractivity contribution in [3.8, 4) is 17.3 Å². The van der Waals surface area contributed by atoms with Gasteiger partial charge < -0.3 is 40.1 Å². The van der Waals surface area contributed by atoms with Crippen LogP contribution in [0.1, 0.15) is 146 Å². The Balaban J connectivity index is 0.000000187. The summed E-state index contributed by atoms with van der Waals surface area (Å²) in [5.41, 5.74) is 3.88. The Kier molecular flexibility index (Phi) is 23.8. The number of likely N-dealkylation sites (tertiary alicyclic amines) is 2. The third kappa shape index (κ3) is 19.1. The van der Waals surface area contributed by atoms with Crippen LogP contribution >= 0.6 is 34.8 Å². The van der Waals surface area contributed by atoms with Crippen LogP contribution in [0.15, 0.2) is 128 Å². The average molecular weight is 1250 g/mol. The molecule has 6 aromatic heterocycles. The van der Waals surface area contributed by atoms with Gasteiger partial charge in [-0.05, 0) is 163 Å². The number of benzene rings is 2. The summed E-state index contributed by atoms with van der Waals surface area (Å²) in [5.74, 6) is -0.822. The molecule has 0 spiro atoms. The second-order valence-electron chi connectivity index (χ2n) is 22.5. The molecule has 2 amide bonds. The zero-order valence-corrected chi connectivity index (χ0v) is 52.8. The van der Waals surface area contributed by atoms with Gasteiger partial charge in [-0.3, -0.25) is 9.59 Å². The predicted octanol–water partition coefficient (Wildman–Crippen LogP) is 10.5. The van der Waals surface area contributed by atoms with Crippen LogP contribution in [0.3, 0.4) is 0 Å². The first-order valence-electron chi connectivity index (χ1n) is 28.1. The number of amides is 2. The number of hydrogen-bond donors (Lipinski definition) is 5. The molecule has 462 valence electrons. The number of carboxylic acids is 1. The number of carboxylic acid groups (broad SMARTS) is 1. The molecular weight excluding hydrogens is 1180 g/mol. The number of halogens is 3. The van der Waals surface area contributed by atoms with Crippen LogP contribution in [0.2, 0.25) is 15.5 Å². The van der Waals surface area contributed by atoms with Gasteiger partial charge in [0.15, 0.2) is 0 Å². The number of hydrogen-bond acceptors (Lipinski definition) is 16. The summed E-state index contributed by atoms with van der Waals surface area (Å²) in [6.07, 6.45) is 10.5. The van der Waals surface area contributed by atoms with Crippen LogP contribution < -0.4 is 4.74 Å². The number of piperidine rings is 2. The number of rotatable bonds is 10. The maximum Gasteiger partial charge on any atom is 0.338 e. The highest BCUT2D eigenvalue weighted by Gasteiger charge is 2.34. The molecule has 8 aromatic rings. The number of pyridine rings is 4. The standard InChI is InChI=1S/C23H27N5O3.C15H18N4O2.2C9H12ClNO.C7H6ClNO2/c1-16-10-11-17(31-21-19(23(2,3)30)8-6-12-24-21)15-27(16)22(29)18-7-4-5-9-20(18)28-25-13-14-26-28;1-11-6-7-12(20)10-18(11)15(21)13-4-2-3-5-14(13)19-16-8-9-17-19;2*1-6-4-5-7(8(10)11-6)9(2,3)12;1-4-2-3-5(7(10)11)6(8)9-4/h4-9,12-14,16-17,30H,10-11,15H2,1-3H3;2-5,8-9,11-12,20H,6-7,10H2,1H3;2*4-5,12H,1-3H3;2-3H,1H3,(H,10,11)/t16-,17-;11-,12-;;;/m11.../s1. The number of nitrogens with zero attached hydrogens (tertiary/aromatic N) is 12. The molecule has 4 atom stereocenters. The van der Waals surface area contributed by atoms with Crippen molar-refractivity contribution >= 4 is 52.6 Å². The van der Waals surface area contributed by atoms with E-state index in [2.05, 4.69) is 40.3 Å². The molecule has 21 nitrogen and oxygen atoms in total. The summed E-state index contributed by atoms with van der Waals surface area (Å²) in [6.45, 7) is 20.5. The average Bonchev–Trinajstić information content (AvgIpc) is 3.16. The molecule has 0 unspecified atom stereocenters. The number of aromatic nitrogens is 10. The molecule has 0 aliphatic carbocycles. The Hall–Kier alpha value is -7.76. The molecule has 2 aliphatic rings. The first kappa shape index (κ1) is 68.4. The topological polar surface area (TPSA) is 281 Å². The number of β-amino-alcohol motifs (C(OH)–C–C–N with tert-alkyl or cyclic N) is 1. The summed E-state index contributed by atoms with van der Waals surface area (Å²) in [4.78, 5) is 59.4. The smallest absolute Gasteiger partial charge is 0.338 e. The number of aromatic carboxylic acids is 1. The first-order valence-corrected chi connectivity index (χ1v) is 29.2. The minimum atomic E-state index is -1.07. The highest BCUT2D eigenvalue weighted by Crippen LogP contribution is 2.32. The molecule has 0 saturated carbocycles. The van der Waals surface area contributed by atoms with Gasteiger partial charge in [0, 0.05) is 58.6 Å². The zero-order valence-electron chi connectivity index (χ0n) is 50.5.